The predicted octanol–water partition coefficient (Wildman–Crippen LogP) is 4.16. The topological polar surface area (TPSA) is 67.8 Å². The fourth-order valence-corrected chi connectivity index (χ4v) is 1.81. The summed E-state index contributed by atoms with van der Waals surface area (Å²) < 4.78 is 32.8. The molecule has 0 heterocycles. The maximum absolute atomic E-state index is 13.9. The van der Waals surface area contributed by atoms with E-state index in [-0.39, 0.29) is 21.4 Å². The first-order valence-electron chi connectivity index (χ1n) is 5.52. The lowest BCUT2D eigenvalue weighted by molar-refractivity contribution is 0.318. The minimum absolute atomic E-state index is 0.110. The quantitative estimate of drug-likeness (QED) is 0.384. The monoisotopic (exact) mass is 332 g/mol. The molecule has 0 bridgehead atoms. The highest BCUT2D eigenvalue weighted by atomic mass is 35.5. The molecular formula is C13H8Cl2F2N2O2. The average Bonchev–Trinajstić information content (AvgIpc) is 2.45. The molecule has 21 heavy (non-hydrogen) atoms. The molecule has 8 heteroatoms. The first-order chi connectivity index (χ1) is 9.92. The maximum atomic E-state index is 13.9. The number of nitrogens with two attached hydrogens (primary N) is 1. The zero-order valence-electron chi connectivity index (χ0n) is 10.3. The van der Waals surface area contributed by atoms with E-state index in [0.29, 0.717) is 0 Å². The van der Waals surface area contributed by atoms with E-state index in [1.165, 1.54) is 18.2 Å². The van der Waals surface area contributed by atoms with Crippen LogP contribution in [-0.2, 0) is 0 Å². The highest BCUT2D eigenvalue weighted by Gasteiger charge is 2.16. The van der Waals surface area contributed by atoms with E-state index in [9.17, 15) is 8.78 Å². The van der Waals surface area contributed by atoms with Crippen LogP contribution < -0.4 is 10.5 Å². The Labute approximate surface area is 128 Å². The molecule has 0 radical (unpaired) electrons. The molecule has 0 fully saturated rings. The number of hydrogen-bond donors (Lipinski definition) is 2. The number of rotatable bonds is 3. The van der Waals surface area contributed by atoms with Crippen LogP contribution in [0.3, 0.4) is 0 Å². The molecule has 2 aromatic rings. The molecule has 0 atom stereocenters. The van der Waals surface area contributed by atoms with Gasteiger partial charge in [-0.3, -0.25) is 0 Å². The standard InChI is InChI=1S/C13H8Cl2F2N2O2/c14-8-2-1-7(5-9(8)15)21-12-10(16)3-6(4-11(12)17)13(18)19-20/h1-5,20H,(H2,18,19). The van der Waals surface area contributed by atoms with Crippen molar-refractivity contribution in [2.45, 2.75) is 0 Å². The molecule has 2 aromatic carbocycles. The summed E-state index contributed by atoms with van der Waals surface area (Å²) in [5.74, 6) is -2.97. The van der Waals surface area contributed by atoms with Crippen LogP contribution in [0.15, 0.2) is 35.5 Å². The number of nitrogens with zero attached hydrogens (tertiary/aromatic N) is 1. The molecule has 0 spiro atoms. The molecule has 0 saturated heterocycles. The van der Waals surface area contributed by atoms with Crippen molar-refractivity contribution in [1.29, 1.82) is 0 Å². The van der Waals surface area contributed by atoms with Gasteiger partial charge < -0.3 is 15.7 Å². The van der Waals surface area contributed by atoms with Crippen LogP contribution in [0.4, 0.5) is 8.78 Å². The third kappa shape index (κ3) is 3.34. The number of halogens is 4. The van der Waals surface area contributed by atoms with E-state index in [0.717, 1.165) is 12.1 Å². The van der Waals surface area contributed by atoms with Gasteiger partial charge in [0.2, 0.25) is 0 Å². The fourth-order valence-electron chi connectivity index (χ4n) is 1.52. The van der Waals surface area contributed by atoms with Gasteiger partial charge in [0.25, 0.3) is 0 Å². The van der Waals surface area contributed by atoms with Gasteiger partial charge in [-0.1, -0.05) is 28.4 Å². The zero-order chi connectivity index (χ0) is 15.6. The Morgan fingerprint density at radius 3 is 2.24 bits per heavy atom. The second-order valence-corrected chi connectivity index (χ2v) is 4.75. The van der Waals surface area contributed by atoms with Crippen LogP contribution in [0.1, 0.15) is 5.56 Å². The number of oxime groups is 1. The predicted molar refractivity (Wildman–Crippen MR) is 75.4 cm³/mol. The lowest BCUT2D eigenvalue weighted by atomic mass is 10.2. The molecule has 0 aliphatic carbocycles. The summed E-state index contributed by atoms with van der Waals surface area (Å²) in [6.07, 6.45) is 0. The molecule has 110 valence electrons. The van der Waals surface area contributed by atoms with Gasteiger partial charge in [0.05, 0.1) is 10.0 Å². The lowest BCUT2D eigenvalue weighted by Crippen LogP contribution is -2.14. The fraction of sp³-hybridized carbons (Fsp3) is 0. The Balaban J connectivity index is 2.38. The Hall–Kier alpha value is -2.05. The Bertz CT molecular complexity index is 700. The van der Waals surface area contributed by atoms with E-state index in [1.807, 2.05) is 0 Å². The van der Waals surface area contributed by atoms with Gasteiger partial charge >= 0.3 is 0 Å². The van der Waals surface area contributed by atoms with Crippen LogP contribution >= 0.6 is 23.2 Å². The second kappa shape index (κ2) is 6.15. The summed E-state index contributed by atoms with van der Waals surface area (Å²) >= 11 is 11.5. The summed E-state index contributed by atoms with van der Waals surface area (Å²) in [6.45, 7) is 0. The number of amidine groups is 1. The minimum Gasteiger partial charge on any atom is -0.451 e. The summed E-state index contributed by atoms with van der Waals surface area (Å²) in [4.78, 5) is 0. The Morgan fingerprint density at radius 2 is 1.71 bits per heavy atom. The van der Waals surface area contributed by atoms with Crippen LogP contribution in [-0.4, -0.2) is 11.0 Å². The van der Waals surface area contributed by atoms with Crippen molar-refractivity contribution >= 4 is 29.0 Å². The molecule has 3 N–H and O–H groups in total. The second-order valence-electron chi connectivity index (χ2n) is 3.93. The number of benzene rings is 2. The molecule has 0 aliphatic heterocycles. The van der Waals surface area contributed by atoms with Crippen molar-refractivity contribution < 1.29 is 18.7 Å². The van der Waals surface area contributed by atoms with Gasteiger partial charge in [0.15, 0.2) is 23.2 Å². The highest BCUT2D eigenvalue weighted by molar-refractivity contribution is 6.42. The van der Waals surface area contributed by atoms with Crippen molar-refractivity contribution in [2.24, 2.45) is 10.9 Å². The summed E-state index contributed by atoms with van der Waals surface area (Å²) in [5.41, 5.74) is 5.15. The van der Waals surface area contributed by atoms with Crippen LogP contribution in [0.2, 0.25) is 10.0 Å². The molecule has 4 nitrogen and oxygen atoms in total. The summed E-state index contributed by atoms with van der Waals surface area (Å²) in [7, 11) is 0. The smallest absolute Gasteiger partial charge is 0.198 e. The normalized spacial score (nSPS) is 11.5. The van der Waals surface area contributed by atoms with Gasteiger partial charge in [0.1, 0.15) is 5.75 Å². The summed E-state index contributed by atoms with van der Waals surface area (Å²) in [5, 5.41) is 11.6. The summed E-state index contributed by atoms with van der Waals surface area (Å²) in [6, 6.07) is 5.92. The Morgan fingerprint density at radius 1 is 1.10 bits per heavy atom. The molecule has 0 aliphatic rings. The van der Waals surface area contributed by atoms with Crippen molar-refractivity contribution in [1.82, 2.24) is 0 Å². The average molecular weight is 333 g/mol. The number of ether oxygens (including phenoxy) is 1. The lowest BCUT2D eigenvalue weighted by Gasteiger charge is -2.10. The van der Waals surface area contributed by atoms with Gasteiger partial charge in [-0.25, -0.2) is 8.78 Å². The van der Waals surface area contributed by atoms with E-state index < -0.39 is 23.2 Å². The molecule has 2 rings (SSSR count). The van der Waals surface area contributed by atoms with Crippen LogP contribution in [0, 0.1) is 11.6 Å². The maximum Gasteiger partial charge on any atom is 0.198 e. The molecule has 0 unspecified atom stereocenters. The van der Waals surface area contributed by atoms with Crippen molar-refractivity contribution in [3.8, 4) is 11.5 Å². The SMILES string of the molecule is N/C(=N/O)c1cc(F)c(Oc2ccc(Cl)c(Cl)c2)c(F)c1. The van der Waals surface area contributed by atoms with E-state index in [2.05, 4.69) is 5.16 Å². The van der Waals surface area contributed by atoms with Gasteiger partial charge in [0, 0.05) is 11.6 Å². The van der Waals surface area contributed by atoms with Gasteiger partial charge in [-0.05, 0) is 24.3 Å². The van der Waals surface area contributed by atoms with E-state index >= 15 is 0 Å². The first-order valence-corrected chi connectivity index (χ1v) is 6.28. The third-order valence-corrected chi connectivity index (χ3v) is 3.25. The minimum atomic E-state index is -1.01. The number of hydrogen-bond acceptors (Lipinski definition) is 3. The van der Waals surface area contributed by atoms with E-state index in [4.69, 9.17) is 38.9 Å². The molecule has 0 amide bonds. The van der Waals surface area contributed by atoms with Crippen LogP contribution in [0.5, 0.6) is 11.5 Å². The van der Waals surface area contributed by atoms with Crippen molar-refractivity contribution in [2.75, 3.05) is 0 Å². The molecule has 0 saturated carbocycles. The zero-order valence-corrected chi connectivity index (χ0v) is 11.8. The largest absolute Gasteiger partial charge is 0.451 e. The van der Waals surface area contributed by atoms with Gasteiger partial charge in [-0.15, -0.1) is 0 Å². The third-order valence-electron chi connectivity index (χ3n) is 2.51. The molecule has 0 aromatic heterocycles. The molecular weight excluding hydrogens is 325 g/mol. The van der Waals surface area contributed by atoms with Crippen molar-refractivity contribution in [3.05, 3.63) is 57.6 Å². The first kappa shape index (κ1) is 15.3. The van der Waals surface area contributed by atoms with E-state index in [1.54, 1.807) is 0 Å². The van der Waals surface area contributed by atoms with Gasteiger partial charge in [-0.2, -0.15) is 0 Å². The Kier molecular flexibility index (Phi) is 4.50. The highest BCUT2D eigenvalue weighted by Crippen LogP contribution is 2.32. The van der Waals surface area contributed by atoms with Crippen molar-refractivity contribution in [3.63, 3.8) is 0 Å². The van der Waals surface area contributed by atoms with Crippen LogP contribution in [0.25, 0.3) is 0 Å².